The summed E-state index contributed by atoms with van der Waals surface area (Å²) >= 11 is 6.27. The van der Waals surface area contributed by atoms with E-state index < -0.39 is 0 Å². The Labute approximate surface area is 181 Å². The predicted molar refractivity (Wildman–Crippen MR) is 124 cm³/mol. The molecular weight excluding hydrogens is 396 g/mol. The molecule has 3 aromatic carbocycles. The number of nitrogens with one attached hydrogen (secondary N) is 2. The van der Waals surface area contributed by atoms with E-state index in [1.165, 1.54) is 11.6 Å². The zero-order valence-electron chi connectivity index (χ0n) is 16.9. The summed E-state index contributed by atoms with van der Waals surface area (Å²) in [4.78, 5) is 24.5. The van der Waals surface area contributed by atoms with Gasteiger partial charge in [0.2, 0.25) is 5.91 Å². The van der Waals surface area contributed by atoms with Crippen LogP contribution < -0.4 is 10.6 Å². The van der Waals surface area contributed by atoms with Gasteiger partial charge in [0.1, 0.15) is 0 Å². The van der Waals surface area contributed by atoms with Crippen molar-refractivity contribution in [2.45, 2.75) is 19.8 Å². The topological polar surface area (TPSA) is 58.2 Å². The van der Waals surface area contributed by atoms with E-state index in [9.17, 15) is 9.59 Å². The van der Waals surface area contributed by atoms with Crippen molar-refractivity contribution in [1.82, 2.24) is 0 Å². The van der Waals surface area contributed by atoms with Gasteiger partial charge in [0, 0.05) is 17.3 Å². The maximum Gasteiger partial charge on any atom is 0.255 e. The molecule has 2 N–H and O–H groups in total. The Bertz CT molecular complexity index is 1060. The molecule has 152 valence electrons. The zero-order valence-corrected chi connectivity index (χ0v) is 17.6. The third-order valence-corrected chi connectivity index (χ3v) is 4.86. The summed E-state index contributed by atoms with van der Waals surface area (Å²) in [5.41, 5.74) is 3.77. The molecule has 0 aliphatic heterocycles. The molecule has 0 saturated carbocycles. The van der Waals surface area contributed by atoms with Crippen LogP contribution in [0.3, 0.4) is 0 Å². The van der Waals surface area contributed by atoms with Crippen LogP contribution in [0.2, 0.25) is 5.02 Å². The Morgan fingerprint density at radius 3 is 2.23 bits per heavy atom. The van der Waals surface area contributed by atoms with Gasteiger partial charge in [0.25, 0.3) is 5.91 Å². The molecule has 5 heteroatoms. The van der Waals surface area contributed by atoms with Gasteiger partial charge in [-0.25, -0.2) is 0 Å². The van der Waals surface area contributed by atoms with Crippen molar-refractivity contribution >= 4 is 40.9 Å². The van der Waals surface area contributed by atoms with Crippen LogP contribution >= 0.6 is 11.6 Å². The molecule has 0 radical (unpaired) electrons. The number of halogens is 1. The monoisotopic (exact) mass is 418 g/mol. The summed E-state index contributed by atoms with van der Waals surface area (Å²) in [6.07, 6.45) is 3.23. The van der Waals surface area contributed by atoms with Gasteiger partial charge in [-0.15, -0.1) is 0 Å². The van der Waals surface area contributed by atoms with E-state index in [1.807, 2.05) is 18.2 Å². The molecule has 3 aromatic rings. The molecule has 0 aliphatic carbocycles. The molecule has 0 bridgehead atoms. The number of hydrogen-bond donors (Lipinski definition) is 2. The number of carbonyl (C=O) groups excluding carboxylic acids is 2. The van der Waals surface area contributed by atoms with Crippen LogP contribution in [-0.2, 0) is 4.79 Å². The number of hydrogen-bond acceptors (Lipinski definition) is 2. The summed E-state index contributed by atoms with van der Waals surface area (Å²) in [7, 11) is 0. The van der Waals surface area contributed by atoms with Gasteiger partial charge < -0.3 is 10.6 Å². The van der Waals surface area contributed by atoms with Crippen molar-refractivity contribution in [2.75, 3.05) is 10.6 Å². The van der Waals surface area contributed by atoms with Gasteiger partial charge >= 0.3 is 0 Å². The third kappa shape index (κ3) is 5.82. The van der Waals surface area contributed by atoms with E-state index in [4.69, 9.17) is 11.6 Å². The van der Waals surface area contributed by atoms with Gasteiger partial charge in [0.05, 0.1) is 10.7 Å². The van der Waals surface area contributed by atoms with E-state index in [0.717, 1.165) is 5.56 Å². The molecule has 0 aliphatic rings. The highest BCUT2D eigenvalue weighted by Gasteiger charge is 2.09. The molecule has 0 fully saturated rings. The lowest BCUT2D eigenvalue weighted by Crippen LogP contribution is -2.12. The second kappa shape index (κ2) is 9.90. The number of rotatable bonds is 6. The highest BCUT2D eigenvalue weighted by atomic mass is 35.5. The first-order valence-electron chi connectivity index (χ1n) is 9.67. The Hall–Kier alpha value is -3.37. The molecule has 4 nitrogen and oxygen atoms in total. The van der Waals surface area contributed by atoms with Crippen molar-refractivity contribution in [3.8, 4) is 0 Å². The van der Waals surface area contributed by atoms with Crippen LogP contribution in [0.1, 0.15) is 41.3 Å². The predicted octanol–water partition coefficient (Wildman–Crippen LogP) is 6.37. The van der Waals surface area contributed by atoms with Crippen LogP contribution in [0, 0.1) is 0 Å². The highest BCUT2D eigenvalue weighted by molar-refractivity contribution is 6.34. The summed E-state index contributed by atoms with van der Waals surface area (Å²) in [6, 6.07) is 21.9. The Morgan fingerprint density at radius 1 is 0.900 bits per heavy atom. The van der Waals surface area contributed by atoms with E-state index >= 15 is 0 Å². The highest BCUT2D eigenvalue weighted by Crippen LogP contribution is 2.26. The summed E-state index contributed by atoms with van der Waals surface area (Å²) < 4.78 is 0. The van der Waals surface area contributed by atoms with E-state index in [1.54, 1.807) is 48.5 Å². The Balaban J connectivity index is 1.60. The summed E-state index contributed by atoms with van der Waals surface area (Å²) in [6.45, 7) is 4.28. The smallest absolute Gasteiger partial charge is 0.255 e. The summed E-state index contributed by atoms with van der Waals surface area (Å²) in [5, 5.41) is 5.88. The minimum absolute atomic E-state index is 0.249. The quantitative estimate of drug-likeness (QED) is 0.457. The maximum absolute atomic E-state index is 12.3. The van der Waals surface area contributed by atoms with Gasteiger partial charge in [-0.3, -0.25) is 9.59 Å². The Kier molecular flexibility index (Phi) is 7.04. The van der Waals surface area contributed by atoms with Crippen LogP contribution in [0.25, 0.3) is 6.08 Å². The fourth-order valence-corrected chi connectivity index (χ4v) is 3.05. The van der Waals surface area contributed by atoms with Gasteiger partial charge in [0.15, 0.2) is 0 Å². The lowest BCUT2D eigenvalue weighted by Gasteiger charge is -2.09. The second-order valence-electron chi connectivity index (χ2n) is 7.16. The average Bonchev–Trinajstić information content (AvgIpc) is 2.75. The molecule has 3 rings (SSSR count). The Morgan fingerprint density at radius 2 is 1.60 bits per heavy atom. The normalized spacial score (nSPS) is 10.9. The number of anilines is 2. The third-order valence-electron chi connectivity index (χ3n) is 4.55. The lowest BCUT2D eigenvalue weighted by molar-refractivity contribution is -0.111. The minimum atomic E-state index is -0.264. The first-order valence-corrected chi connectivity index (χ1v) is 10.0. The second-order valence-corrected chi connectivity index (χ2v) is 7.57. The first kappa shape index (κ1) is 21.3. The maximum atomic E-state index is 12.3. The molecule has 0 heterocycles. The molecule has 0 unspecified atom stereocenters. The fourth-order valence-electron chi connectivity index (χ4n) is 2.83. The SMILES string of the molecule is CC(C)c1ccc(/C=C/C(=O)Nc2ccc(NC(=O)c3ccccc3)c(Cl)c2)cc1. The molecule has 0 saturated heterocycles. The minimum Gasteiger partial charge on any atom is -0.322 e. The van der Waals surface area contributed by atoms with Crippen molar-refractivity contribution in [1.29, 1.82) is 0 Å². The summed E-state index contributed by atoms with van der Waals surface area (Å²) in [5.74, 6) is -0.0442. The zero-order chi connectivity index (χ0) is 21.5. The standard InChI is InChI=1S/C25H23ClN2O2/c1-17(2)19-11-8-18(9-12-19)10-15-24(29)27-21-13-14-23(22(26)16-21)28-25(30)20-6-4-3-5-7-20/h3-17H,1-2H3,(H,27,29)(H,28,30)/b15-10+. The average molecular weight is 419 g/mol. The molecular formula is C25H23ClN2O2. The number of carbonyl (C=O) groups is 2. The molecule has 2 amide bonds. The molecule has 0 spiro atoms. The van der Waals surface area contributed by atoms with Crippen molar-refractivity contribution in [3.05, 3.63) is 101 Å². The number of benzene rings is 3. The van der Waals surface area contributed by atoms with Crippen molar-refractivity contribution in [3.63, 3.8) is 0 Å². The van der Waals surface area contributed by atoms with Crippen LogP contribution in [0.4, 0.5) is 11.4 Å². The van der Waals surface area contributed by atoms with E-state index in [2.05, 4.69) is 36.6 Å². The van der Waals surface area contributed by atoms with E-state index in [-0.39, 0.29) is 11.8 Å². The fraction of sp³-hybridized carbons (Fsp3) is 0.120. The van der Waals surface area contributed by atoms with Crippen LogP contribution in [0.5, 0.6) is 0 Å². The van der Waals surface area contributed by atoms with Crippen LogP contribution in [0.15, 0.2) is 78.9 Å². The van der Waals surface area contributed by atoms with Gasteiger partial charge in [-0.1, -0.05) is 67.9 Å². The molecule has 0 atom stereocenters. The van der Waals surface area contributed by atoms with Crippen LogP contribution in [-0.4, -0.2) is 11.8 Å². The van der Waals surface area contributed by atoms with Gasteiger partial charge in [-0.05, 0) is 53.5 Å². The first-order chi connectivity index (χ1) is 14.4. The lowest BCUT2D eigenvalue weighted by atomic mass is 10.0. The number of amides is 2. The van der Waals surface area contributed by atoms with E-state index in [0.29, 0.717) is 27.9 Å². The largest absolute Gasteiger partial charge is 0.322 e. The molecule has 30 heavy (non-hydrogen) atoms. The van der Waals surface area contributed by atoms with Gasteiger partial charge in [-0.2, -0.15) is 0 Å². The molecule has 0 aromatic heterocycles. The van der Waals surface area contributed by atoms with Crippen molar-refractivity contribution in [2.24, 2.45) is 0 Å². The van der Waals surface area contributed by atoms with Crippen molar-refractivity contribution < 1.29 is 9.59 Å².